The van der Waals surface area contributed by atoms with Crippen LogP contribution in [0.2, 0.25) is 0 Å². The van der Waals surface area contributed by atoms with Crippen molar-refractivity contribution in [3.63, 3.8) is 0 Å². The highest BCUT2D eigenvalue weighted by atomic mass is 15.2. The maximum atomic E-state index is 4.57. The summed E-state index contributed by atoms with van der Waals surface area (Å²) < 4.78 is 2.13. The summed E-state index contributed by atoms with van der Waals surface area (Å²) in [6.45, 7) is 3.05. The molecule has 0 bridgehead atoms. The van der Waals surface area contributed by atoms with E-state index >= 15 is 0 Å². The second kappa shape index (κ2) is 5.47. The van der Waals surface area contributed by atoms with Crippen molar-refractivity contribution in [3.8, 4) is 5.69 Å². The van der Waals surface area contributed by atoms with Crippen LogP contribution in [0.15, 0.2) is 36.5 Å². The number of nitrogens with one attached hydrogen (secondary N) is 1. The number of hydrogen-bond acceptors (Lipinski definition) is 2. The van der Waals surface area contributed by atoms with Crippen LogP contribution in [0.3, 0.4) is 0 Å². The molecular weight excluding hydrogens is 234 g/mol. The molecule has 1 aromatic heterocycles. The highest BCUT2D eigenvalue weighted by molar-refractivity contribution is 5.42. The molecule has 0 unspecified atom stereocenters. The van der Waals surface area contributed by atoms with Gasteiger partial charge in [-0.2, -0.15) is 0 Å². The van der Waals surface area contributed by atoms with Crippen LogP contribution < -0.4 is 5.32 Å². The summed E-state index contributed by atoms with van der Waals surface area (Å²) in [5.74, 6) is 1.97. The first-order chi connectivity index (χ1) is 9.33. The second-order valence-electron chi connectivity index (χ2n) is 5.42. The van der Waals surface area contributed by atoms with Crippen LogP contribution in [0.5, 0.6) is 0 Å². The topological polar surface area (TPSA) is 29.9 Å². The lowest BCUT2D eigenvalue weighted by Gasteiger charge is -2.09. The Kier molecular flexibility index (Phi) is 3.53. The Bertz CT molecular complexity index is 526. The standard InChI is InChI=1S/C16H21N3/c1-13-12-19(15-7-3-2-4-8-15)16(18-13)17-11-5-6-14-9-10-14/h2-4,7-8,12,14H,5-6,9-11H2,1H3,(H,17,18). The molecule has 1 heterocycles. The number of imidazole rings is 1. The van der Waals surface area contributed by atoms with Gasteiger partial charge in [-0.15, -0.1) is 0 Å². The smallest absolute Gasteiger partial charge is 0.207 e. The van der Waals surface area contributed by atoms with Crippen molar-refractivity contribution in [1.82, 2.24) is 9.55 Å². The Hall–Kier alpha value is -1.77. The number of anilines is 1. The van der Waals surface area contributed by atoms with Crippen LogP contribution in [0, 0.1) is 12.8 Å². The highest BCUT2D eigenvalue weighted by Crippen LogP contribution is 2.33. The molecule has 0 radical (unpaired) electrons. The number of para-hydroxylation sites is 1. The number of benzene rings is 1. The molecule has 19 heavy (non-hydrogen) atoms. The zero-order valence-electron chi connectivity index (χ0n) is 11.5. The van der Waals surface area contributed by atoms with Crippen molar-refractivity contribution in [2.24, 2.45) is 5.92 Å². The maximum absolute atomic E-state index is 4.57. The zero-order valence-corrected chi connectivity index (χ0v) is 11.5. The fourth-order valence-corrected chi connectivity index (χ4v) is 2.41. The molecule has 0 spiro atoms. The molecule has 2 aromatic rings. The number of rotatable bonds is 6. The van der Waals surface area contributed by atoms with E-state index in [1.165, 1.54) is 25.7 Å². The number of hydrogen-bond donors (Lipinski definition) is 1. The molecule has 1 saturated carbocycles. The summed E-state index contributed by atoms with van der Waals surface area (Å²) in [7, 11) is 0. The Morgan fingerprint density at radius 2 is 2.05 bits per heavy atom. The van der Waals surface area contributed by atoms with Gasteiger partial charge in [0.05, 0.1) is 5.69 Å². The normalized spacial score (nSPS) is 14.6. The fraction of sp³-hybridized carbons (Fsp3) is 0.438. The van der Waals surface area contributed by atoms with Gasteiger partial charge in [0.2, 0.25) is 5.95 Å². The van der Waals surface area contributed by atoms with Gasteiger partial charge in [-0.3, -0.25) is 4.57 Å². The van der Waals surface area contributed by atoms with Crippen molar-refractivity contribution in [2.75, 3.05) is 11.9 Å². The average Bonchev–Trinajstić information content (AvgIpc) is 3.18. The summed E-state index contributed by atoms with van der Waals surface area (Å²) in [6, 6.07) is 10.4. The summed E-state index contributed by atoms with van der Waals surface area (Å²) in [5.41, 5.74) is 2.21. The molecule has 100 valence electrons. The van der Waals surface area contributed by atoms with Gasteiger partial charge in [-0.05, 0) is 37.8 Å². The first-order valence-electron chi connectivity index (χ1n) is 7.18. The average molecular weight is 255 g/mol. The largest absolute Gasteiger partial charge is 0.355 e. The summed E-state index contributed by atoms with van der Waals surface area (Å²) >= 11 is 0. The van der Waals surface area contributed by atoms with Gasteiger partial charge >= 0.3 is 0 Å². The van der Waals surface area contributed by atoms with Gasteiger partial charge < -0.3 is 5.32 Å². The maximum Gasteiger partial charge on any atom is 0.207 e. The second-order valence-corrected chi connectivity index (χ2v) is 5.42. The Morgan fingerprint density at radius 3 is 2.79 bits per heavy atom. The molecule has 0 aliphatic heterocycles. The van der Waals surface area contributed by atoms with Gasteiger partial charge in [-0.1, -0.05) is 31.0 Å². The summed E-state index contributed by atoms with van der Waals surface area (Å²) in [4.78, 5) is 4.57. The van der Waals surface area contributed by atoms with Crippen molar-refractivity contribution < 1.29 is 0 Å². The van der Waals surface area contributed by atoms with E-state index in [1.807, 2.05) is 13.0 Å². The molecule has 1 aliphatic carbocycles. The van der Waals surface area contributed by atoms with Crippen molar-refractivity contribution in [1.29, 1.82) is 0 Å². The van der Waals surface area contributed by atoms with E-state index in [-0.39, 0.29) is 0 Å². The number of aromatic nitrogens is 2. The Labute approximate surface area is 114 Å². The molecule has 1 fully saturated rings. The third kappa shape index (κ3) is 3.16. The predicted octanol–water partition coefficient (Wildman–Crippen LogP) is 3.78. The van der Waals surface area contributed by atoms with E-state index in [1.54, 1.807) is 0 Å². The van der Waals surface area contributed by atoms with Crippen LogP contribution in [0.4, 0.5) is 5.95 Å². The van der Waals surface area contributed by atoms with Crippen LogP contribution in [0.1, 0.15) is 31.4 Å². The summed E-state index contributed by atoms with van der Waals surface area (Å²) in [6.07, 6.45) is 7.57. The van der Waals surface area contributed by atoms with E-state index in [2.05, 4.69) is 45.3 Å². The Balaban J connectivity index is 1.66. The first-order valence-corrected chi connectivity index (χ1v) is 7.18. The van der Waals surface area contributed by atoms with Gasteiger partial charge in [0.25, 0.3) is 0 Å². The van der Waals surface area contributed by atoms with E-state index in [4.69, 9.17) is 0 Å². The quantitative estimate of drug-likeness (QED) is 0.796. The molecule has 3 nitrogen and oxygen atoms in total. The first kappa shape index (κ1) is 12.3. The molecule has 0 saturated heterocycles. The van der Waals surface area contributed by atoms with Crippen molar-refractivity contribution >= 4 is 5.95 Å². The zero-order chi connectivity index (χ0) is 13.1. The lowest BCUT2D eigenvalue weighted by molar-refractivity contribution is 0.685. The molecule has 3 rings (SSSR count). The van der Waals surface area contributed by atoms with Gasteiger partial charge in [-0.25, -0.2) is 4.98 Å². The van der Waals surface area contributed by atoms with E-state index in [0.29, 0.717) is 0 Å². The minimum Gasteiger partial charge on any atom is -0.355 e. The molecule has 1 aliphatic rings. The monoisotopic (exact) mass is 255 g/mol. The molecule has 0 amide bonds. The summed E-state index contributed by atoms with van der Waals surface area (Å²) in [5, 5.41) is 3.47. The fourth-order valence-electron chi connectivity index (χ4n) is 2.41. The third-order valence-corrected chi connectivity index (χ3v) is 3.63. The van der Waals surface area contributed by atoms with Crippen molar-refractivity contribution in [3.05, 3.63) is 42.2 Å². The SMILES string of the molecule is Cc1cn(-c2ccccc2)c(NCCCC2CC2)n1. The van der Waals surface area contributed by atoms with Gasteiger partial charge in [0.1, 0.15) is 0 Å². The van der Waals surface area contributed by atoms with Crippen LogP contribution >= 0.6 is 0 Å². The van der Waals surface area contributed by atoms with E-state index < -0.39 is 0 Å². The van der Waals surface area contributed by atoms with Crippen molar-refractivity contribution in [2.45, 2.75) is 32.6 Å². The van der Waals surface area contributed by atoms with Crippen LogP contribution in [-0.4, -0.2) is 16.1 Å². The Morgan fingerprint density at radius 1 is 1.26 bits per heavy atom. The van der Waals surface area contributed by atoms with E-state index in [0.717, 1.165) is 29.8 Å². The molecule has 1 N–H and O–H groups in total. The molecule has 1 aromatic carbocycles. The van der Waals surface area contributed by atoms with Gasteiger partial charge in [0.15, 0.2) is 0 Å². The molecule has 0 atom stereocenters. The van der Waals surface area contributed by atoms with E-state index in [9.17, 15) is 0 Å². The highest BCUT2D eigenvalue weighted by Gasteiger charge is 2.20. The van der Waals surface area contributed by atoms with Crippen LogP contribution in [-0.2, 0) is 0 Å². The third-order valence-electron chi connectivity index (χ3n) is 3.63. The predicted molar refractivity (Wildman–Crippen MR) is 78.7 cm³/mol. The minimum atomic E-state index is 0.958. The van der Waals surface area contributed by atoms with Crippen LogP contribution in [0.25, 0.3) is 5.69 Å². The minimum absolute atomic E-state index is 0.958. The lowest BCUT2D eigenvalue weighted by atomic mass is 10.2. The van der Waals surface area contributed by atoms with Gasteiger partial charge in [0, 0.05) is 18.4 Å². The molecule has 3 heteroatoms. The molecular formula is C16H21N3. The number of aryl methyl sites for hydroxylation is 1. The lowest BCUT2D eigenvalue weighted by Crippen LogP contribution is -2.07. The number of nitrogens with zero attached hydrogens (tertiary/aromatic N) is 2.